The van der Waals surface area contributed by atoms with Gasteiger partial charge in [0.1, 0.15) is 0 Å². The Balaban J connectivity index is 1.67. The summed E-state index contributed by atoms with van der Waals surface area (Å²) in [6, 6.07) is 16.5. The van der Waals surface area contributed by atoms with Crippen molar-refractivity contribution in [2.24, 2.45) is 0 Å². The first-order chi connectivity index (χ1) is 12.8. The van der Waals surface area contributed by atoms with Crippen molar-refractivity contribution in [3.8, 4) is 11.1 Å². The first kappa shape index (κ1) is 17.6. The normalized spacial score (nSPS) is 19.4. The molecular weight excluding hydrogens is 314 g/mol. The predicted octanol–water partition coefficient (Wildman–Crippen LogP) is 7.49. The Kier molecular flexibility index (Phi) is 5.62. The molecule has 2 aliphatic rings. The lowest BCUT2D eigenvalue weighted by Gasteiger charge is -2.24. The average Bonchev–Trinajstić information content (AvgIpc) is 2.74. The van der Waals surface area contributed by atoms with Gasteiger partial charge in [-0.15, -0.1) is 0 Å². The van der Waals surface area contributed by atoms with Crippen molar-refractivity contribution in [2.75, 3.05) is 12.4 Å². The van der Waals surface area contributed by atoms with Crippen LogP contribution in [0.25, 0.3) is 11.1 Å². The molecule has 2 saturated carbocycles. The van der Waals surface area contributed by atoms with E-state index < -0.39 is 0 Å². The highest BCUT2D eigenvalue weighted by atomic mass is 14.8. The highest BCUT2D eigenvalue weighted by Gasteiger charge is 2.19. The number of rotatable bonds is 4. The molecule has 0 unspecified atom stereocenters. The molecular formula is C25H33N. The van der Waals surface area contributed by atoms with E-state index in [1.807, 2.05) is 7.05 Å². The Hall–Kier alpha value is -1.76. The van der Waals surface area contributed by atoms with E-state index in [0.29, 0.717) is 0 Å². The molecule has 2 aromatic rings. The fourth-order valence-electron chi connectivity index (χ4n) is 5.10. The topological polar surface area (TPSA) is 12.0 Å². The van der Waals surface area contributed by atoms with E-state index in [4.69, 9.17) is 0 Å². The SMILES string of the molecule is CNc1ccc(C2CCCCC2)cc1-c1cccc(C2CCCCC2)c1. The summed E-state index contributed by atoms with van der Waals surface area (Å²) in [6.07, 6.45) is 13.9. The number of anilines is 1. The monoisotopic (exact) mass is 347 g/mol. The van der Waals surface area contributed by atoms with E-state index in [2.05, 4.69) is 47.8 Å². The van der Waals surface area contributed by atoms with E-state index in [-0.39, 0.29) is 0 Å². The first-order valence-corrected chi connectivity index (χ1v) is 10.8. The lowest BCUT2D eigenvalue weighted by Crippen LogP contribution is -2.06. The molecule has 0 spiro atoms. The van der Waals surface area contributed by atoms with E-state index in [9.17, 15) is 0 Å². The van der Waals surface area contributed by atoms with Crippen LogP contribution in [-0.2, 0) is 0 Å². The largest absolute Gasteiger partial charge is 0.388 e. The van der Waals surface area contributed by atoms with Crippen LogP contribution in [0.2, 0.25) is 0 Å². The van der Waals surface area contributed by atoms with E-state index >= 15 is 0 Å². The Labute approximate surface area is 159 Å². The molecule has 0 saturated heterocycles. The fraction of sp³-hybridized carbons (Fsp3) is 0.520. The van der Waals surface area contributed by atoms with Gasteiger partial charge in [0.05, 0.1) is 0 Å². The minimum absolute atomic E-state index is 0.759. The smallest absolute Gasteiger partial charge is 0.0417 e. The van der Waals surface area contributed by atoms with Crippen LogP contribution in [0, 0.1) is 0 Å². The molecule has 0 aliphatic heterocycles. The van der Waals surface area contributed by atoms with Crippen LogP contribution in [0.5, 0.6) is 0 Å². The van der Waals surface area contributed by atoms with Gasteiger partial charge in [0.2, 0.25) is 0 Å². The van der Waals surface area contributed by atoms with Crippen LogP contribution in [0.15, 0.2) is 42.5 Å². The summed E-state index contributed by atoms with van der Waals surface area (Å²) >= 11 is 0. The molecule has 1 nitrogen and oxygen atoms in total. The lowest BCUT2D eigenvalue weighted by atomic mass is 9.81. The highest BCUT2D eigenvalue weighted by molar-refractivity contribution is 5.79. The van der Waals surface area contributed by atoms with Gasteiger partial charge in [-0.2, -0.15) is 0 Å². The number of nitrogens with one attached hydrogen (secondary N) is 1. The summed E-state index contributed by atoms with van der Waals surface area (Å²) in [7, 11) is 2.05. The van der Waals surface area contributed by atoms with E-state index in [0.717, 1.165) is 11.8 Å². The molecule has 2 aliphatic carbocycles. The number of benzene rings is 2. The molecule has 0 atom stereocenters. The van der Waals surface area contributed by atoms with Crippen LogP contribution in [-0.4, -0.2) is 7.05 Å². The molecule has 0 aromatic heterocycles. The van der Waals surface area contributed by atoms with Crippen molar-refractivity contribution in [3.05, 3.63) is 53.6 Å². The summed E-state index contributed by atoms with van der Waals surface area (Å²) < 4.78 is 0. The maximum absolute atomic E-state index is 3.42. The van der Waals surface area contributed by atoms with Gasteiger partial charge in [0, 0.05) is 18.3 Å². The van der Waals surface area contributed by atoms with Gasteiger partial charge in [-0.05, 0) is 66.3 Å². The fourth-order valence-corrected chi connectivity index (χ4v) is 5.10. The van der Waals surface area contributed by atoms with Gasteiger partial charge in [0.15, 0.2) is 0 Å². The Morgan fingerprint density at radius 3 is 1.92 bits per heavy atom. The van der Waals surface area contributed by atoms with Crippen LogP contribution in [0.1, 0.15) is 87.2 Å². The second-order valence-electron chi connectivity index (χ2n) is 8.35. The predicted molar refractivity (Wildman–Crippen MR) is 113 cm³/mol. The standard InChI is InChI=1S/C25H33N/c1-26-25-16-15-22(20-11-6-3-7-12-20)18-24(25)23-14-8-13-21(17-23)19-9-4-2-5-10-19/h8,13-20,26H,2-7,9-12H2,1H3. The third kappa shape index (κ3) is 3.82. The van der Waals surface area contributed by atoms with Gasteiger partial charge in [-0.1, -0.05) is 68.9 Å². The zero-order chi connectivity index (χ0) is 17.8. The number of hydrogen-bond donors (Lipinski definition) is 1. The molecule has 0 radical (unpaired) electrons. The second-order valence-corrected chi connectivity index (χ2v) is 8.35. The van der Waals surface area contributed by atoms with Crippen LogP contribution in [0.3, 0.4) is 0 Å². The second kappa shape index (κ2) is 8.29. The molecule has 26 heavy (non-hydrogen) atoms. The van der Waals surface area contributed by atoms with Crippen molar-refractivity contribution in [3.63, 3.8) is 0 Å². The maximum atomic E-state index is 3.42. The maximum Gasteiger partial charge on any atom is 0.0417 e. The molecule has 2 aromatic carbocycles. The Morgan fingerprint density at radius 1 is 0.692 bits per heavy atom. The quantitative estimate of drug-likeness (QED) is 0.604. The van der Waals surface area contributed by atoms with Crippen molar-refractivity contribution >= 4 is 5.69 Å². The molecule has 0 bridgehead atoms. The van der Waals surface area contributed by atoms with Gasteiger partial charge >= 0.3 is 0 Å². The lowest BCUT2D eigenvalue weighted by molar-refractivity contribution is 0.443. The van der Waals surface area contributed by atoms with Crippen molar-refractivity contribution in [1.29, 1.82) is 0 Å². The zero-order valence-electron chi connectivity index (χ0n) is 16.3. The molecule has 1 heteroatoms. The summed E-state index contributed by atoms with van der Waals surface area (Å²) in [5, 5.41) is 3.42. The van der Waals surface area contributed by atoms with Crippen LogP contribution >= 0.6 is 0 Å². The van der Waals surface area contributed by atoms with Crippen LogP contribution < -0.4 is 5.32 Å². The minimum atomic E-state index is 0.759. The summed E-state index contributed by atoms with van der Waals surface area (Å²) in [5.41, 5.74) is 7.11. The number of hydrogen-bond acceptors (Lipinski definition) is 1. The van der Waals surface area contributed by atoms with Crippen molar-refractivity contribution in [1.82, 2.24) is 0 Å². The molecule has 2 fully saturated rings. The van der Waals surface area contributed by atoms with Gasteiger partial charge in [-0.3, -0.25) is 0 Å². The Morgan fingerprint density at radius 2 is 1.31 bits per heavy atom. The summed E-state index contributed by atoms with van der Waals surface area (Å²) in [5.74, 6) is 1.53. The zero-order valence-corrected chi connectivity index (χ0v) is 16.3. The third-order valence-electron chi connectivity index (χ3n) is 6.66. The van der Waals surface area contributed by atoms with Gasteiger partial charge in [0.25, 0.3) is 0 Å². The average molecular weight is 348 g/mol. The first-order valence-electron chi connectivity index (χ1n) is 10.8. The molecule has 4 rings (SSSR count). The van der Waals surface area contributed by atoms with Gasteiger partial charge < -0.3 is 5.32 Å². The molecule has 1 N–H and O–H groups in total. The van der Waals surface area contributed by atoms with Crippen molar-refractivity contribution < 1.29 is 0 Å². The third-order valence-corrected chi connectivity index (χ3v) is 6.66. The molecule has 138 valence electrons. The summed E-state index contributed by atoms with van der Waals surface area (Å²) in [4.78, 5) is 0. The van der Waals surface area contributed by atoms with Crippen molar-refractivity contribution in [2.45, 2.75) is 76.0 Å². The molecule has 0 heterocycles. The Bertz CT molecular complexity index is 721. The summed E-state index contributed by atoms with van der Waals surface area (Å²) in [6.45, 7) is 0. The highest BCUT2D eigenvalue weighted by Crippen LogP contribution is 2.39. The minimum Gasteiger partial charge on any atom is -0.388 e. The van der Waals surface area contributed by atoms with E-state index in [1.54, 1.807) is 11.1 Å². The van der Waals surface area contributed by atoms with E-state index in [1.165, 1.54) is 81.0 Å². The van der Waals surface area contributed by atoms with Crippen LogP contribution in [0.4, 0.5) is 5.69 Å². The van der Waals surface area contributed by atoms with Gasteiger partial charge in [-0.25, -0.2) is 0 Å². The molecule has 0 amide bonds.